The second kappa shape index (κ2) is 7.43. The van der Waals surface area contributed by atoms with Crippen molar-refractivity contribution in [2.24, 2.45) is 5.92 Å². The lowest BCUT2D eigenvalue weighted by Gasteiger charge is -2.31. The van der Waals surface area contributed by atoms with Gasteiger partial charge in [0.15, 0.2) is 17.3 Å². The quantitative estimate of drug-likeness (QED) is 0.807. The predicted octanol–water partition coefficient (Wildman–Crippen LogP) is 1.59. The van der Waals surface area contributed by atoms with Crippen LogP contribution in [0, 0.1) is 5.92 Å². The number of benzene rings is 1. The lowest BCUT2D eigenvalue weighted by Crippen LogP contribution is -2.40. The highest BCUT2D eigenvalue weighted by Crippen LogP contribution is 2.29. The van der Waals surface area contributed by atoms with E-state index in [0.29, 0.717) is 30.2 Å². The van der Waals surface area contributed by atoms with E-state index in [1.54, 1.807) is 32.4 Å². The van der Waals surface area contributed by atoms with Gasteiger partial charge in [-0.2, -0.15) is 0 Å². The molecule has 0 saturated carbocycles. The number of ketones is 1. The molecule has 0 spiro atoms. The smallest absolute Gasteiger partial charge is 0.167 e. The fraction of sp³-hybridized carbons (Fsp3) is 0.562. The first-order valence-electron chi connectivity index (χ1n) is 7.29. The number of ether oxygens (including phenoxy) is 2. The van der Waals surface area contributed by atoms with E-state index in [1.807, 2.05) is 0 Å². The number of β-amino-alcohol motifs (C(OH)–C–C–N with tert-alkyl or cyclic N) is 1. The predicted molar refractivity (Wildman–Crippen MR) is 80.1 cm³/mol. The van der Waals surface area contributed by atoms with E-state index in [4.69, 9.17) is 14.6 Å². The van der Waals surface area contributed by atoms with Crippen molar-refractivity contribution < 1.29 is 19.4 Å². The Labute approximate surface area is 125 Å². The van der Waals surface area contributed by atoms with E-state index < -0.39 is 0 Å². The van der Waals surface area contributed by atoms with E-state index in [2.05, 4.69) is 4.90 Å². The summed E-state index contributed by atoms with van der Waals surface area (Å²) in [5, 5.41) is 9.03. The number of rotatable bonds is 6. The molecule has 0 amide bonds. The first kappa shape index (κ1) is 15.8. The highest BCUT2D eigenvalue weighted by molar-refractivity contribution is 5.98. The van der Waals surface area contributed by atoms with Gasteiger partial charge < -0.3 is 19.5 Å². The van der Waals surface area contributed by atoms with Crippen LogP contribution in [0.25, 0.3) is 0 Å². The Balaban J connectivity index is 2.12. The van der Waals surface area contributed by atoms with E-state index >= 15 is 0 Å². The van der Waals surface area contributed by atoms with Gasteiger partial charge in [-0.3, -0.25) is 4.79 Å². The van der Waals surface area contributed by atoms with Crippen LogP contribution < -0.4 is 9.47 Å². The fourth-order valence-electron chi connectivity index (χ4n) is 2.84. The van der Waals surface area contributed by atoms with Crippen molar-refractivity contribution >= 4 is 5.78 Å². The number of hydrogen-bond donors (Lipinski definition) is 1. The number of methoxy groups -OCH3 is 2. The highest BCUT2D eigenvalue weighted by Gasteiger charge is 2.26. The summed E-state index contributed by atoms with van der Waals surface area (Å²) in [5.74, 6) is 1.33. The van der Waals surface area contributed by atoms with Gasteiger partial charge >= 0.3 is 0 Å². The van der Waals surface area contributed by atoms with Gasteiger partial charge in [-0.1, -0.05) is 0 Å². The molecule has 1 heterocycles. The first-order chi connectivity index (χ1) is 10.2. The molecule has 0 aromatic heterocycles. The lowest BCUT2D eigenvalue weighted by atomic mass is 9.90. The third-order valence-corrected chi connectivity index (χ3v) is 3.96. The molecule has 2 rings (SSSR count). The van der Waals surface area contributed by atoms with Gasteiger partial charge in [0.1, 0.15) is 0 Å². The highest BCUT2D eigenvalue weighted by atomic mass is 16.5. The average molecular weight is 293 g/mol. The third kappa shape index (κ3) is 3.74. The molecule has 116 valence electrons. The Bertz CT molecular complexity index is 487. The monoisotopic (exact) mass is 293 g/mol. The van der Waals surface area contributed by atoms with Crippen molar-refractivity contribution in [1.29, 1.82) is 0 Å². The molecule has 1 N–H and O–H groups in total. The molecule has 5 nitrogen and oxygen atoms in total. The van der Waals surface area contributed by atoms with Crippen molar-refractivity contribution in [3.05, 3.63) is 23.8 Å². The number of aliphatic hydroxyl groups excluding tert-OH is 1. The largest absolute Gasteiger partial charge is 0.493 e. The lowest BCUT2D eigenvalue weighted by molar-refractivity contribution is 0.0793. The van der Waals surface area contributed by atoms with Gasteiger partial charge in [0, 0.05) is 24.6 Å². The molecule has 0 aliphatic carbocycles. The Morgan fingerprint density at radius 2 is 2.10 bits per heavy atom. The average Bonchev–Trinajstić information content (AvgIpc) is 2.54. The second-order valence-electron chi connectivity index (χ2n) is 5.30. The molecule has 1 atom stereocenters. The van der Waals surface area contributed by atoms with Gasteiger partial charge in [-0.05, 0) is 37.6 Å². The number of Topliss-reactive ketones (excluding diaryl/α,β-unsaturated/α-hetero) is 1. The summed E-state index contributed by atoms with van der Waals surface area (Å²) in [6, 6.07) is 5.29. The molecule has 1 aliphatic rings. The maximum atomic E-state index is 12.6. The fourth-order valence-corrected chi connectivity index (χ4v) is 2.84. The normalized spacial score (nSPS) is 19.3. The number of aliphatic hydroxyl groups is 1. The Hall–Kier alpha value is -1.59. The summed E-state index contributed by atoms with van der Waals surface area (Å²) in [6.45, 7) is 2.44. The number of carbonyl (C=O) groups excluding carboxylic acids is 1. The minimum Gasteiger partial charge on any atom is -0.493 e. The summed E-state index contributed by atoms with van der Waals surface area (Å²) in [6.07, 6.45) is 1.89. The van der Waals surface area contributed by atoms with Crippen LogP contribution in [0.2, 0.25) is 0 Å². The Kier molecular flexibility index (Phi) is 5.59. The van der Waals surface area contributed by atoms with Gasteiger partial charge in [0.2, 0.25) is 0 Å². The van der Waals surface area contributed by atoms with Crippen LogP contribution in [0.4, 0.5) is 0 Å². The molecule has 5 heteroatoms. The van der Waals surface area contributed by atoms with Crippen LogP contribution in [0.15, 0.2) is 18.2 Å². The summed E-state index contributed by atoms with van der Waals surface area (Å²) < 4.78 is 10.4. The first-order valence-corrected chi connectivity index (χ1v) is 7.29. The van der Waals surface area contributed by atoms with Crippen molar-refractivity contribution in [3.8, 4) is 11.5 Å². The molecular weight excluding hydrogens is 270 g/mol. The maximum absolute atomic E-state index is 12.6. The van der Waals surface area contributed by atoms with Crippen LogP contribution in [-0.2, 0) is 0 Å². The Morgan fingerprint density at radius 3 is 2.76 bits per heavy atom. The zero-order valence-electron chi connectivity index (χ0n) is 12.7. The SMILES string of the molecule is COc1ccc(C(=O)[C@@H]2CCCN(CCO)C2)cc1OC. The number of piperidine rings is 1. The number of likely N-dealkylation sites (tertiary alicyclic amines) is 1. The van der Waals surface area contributed by atoms with Crippen molar-refractivity contribution in [2.45, 2.75) is 12.8 Å². The van der Waals surface area contributed by atoms with E-state index in [9.17, 15) is 4.79 Å². The van der Waals surface area contributed by atoms with E-state index in [-0.39, 0.29) is 18.3 Å². The molecule has 0 bridgehead atoms. The van der Waals surface area contributed by atoms with Gasteiger partial charge in [0.25, 0.3) is 0 Å². The van der Waals surface area contributed by atoms with Gasteiger partial charge in [-0.15, -0.1) is 0 Å². The van der Waals surface area contributed by atoms with Crippen LogP contribution >= 0.6 is 0 Å². The Morgan fingerprint density at radius 1 is 1.33 bits per heavy atom. The topological polar surface area (TPSA) is 59.0 Å². The van der Waals surface area contributed by atoms with Crippen LogP contribution in [-0.4, -0.2) is 56.3 Å². The number of hydrogen-bond acceptors (Lipinski definition) is 5. The van der Waals surface area contributed by atoms with Gasteiger partial charge in [0.05, 0.1) is 20.8 Å². The molecule has 1 fully saturated rings. The number of carbonyl (C=O) groups is 1. The molecule has 0 radical (unpaired) electrons. The summed E-state index contributed by atoms with van der Waals surface area (Å²) in [4.78, 5) is 14.8. The third-order valence-electron chi connectivity index (χ3n) is 3.96. The molecule has 0 unspecified atom stereocenters. The number of nitrogens with zero attached hydrogens (tertiary/aromatic N) is 1. The van der Waals surface area contributed by atoms with E-state index in [1.165, 1.54) is 0 Å². The molecular formula is C16H23NO4. The zero-order valence-corrected chi connectivity index (χ0v) is 12.7. The second-order valence-corrected chi connectivity index (χ2v) is 5.30. The summed E-state index contributed by atoms with van der Waals surface area (Å²) >= 11 is 0. The van der Waals surface area contributed by atoms with Crippen molar-refractivity contribution in [3.63, 3.8) is 0 Å². The molecule has 1 aromatic rings. The summed E-state index contributed by atoms with van der Waals surface area (Å²) in [7, 11) is 3.14. The van der Waals surface area contributed by atoms with Gasteiger partial charge in [-0.25, -0.2) is 0 Å². The van der Waals surface area contributed by atoms with Crippen molar-refractivity contribution in [1.82, 2.24) is 4.90 Å². The molecule has 1 saturated heterocycles. The molecule has 1 aliphatic heterocycles. The van der Waals surface area contributed by atoms with Crippen molar-refractivity contribution in [2.75, 3.05) is 40.5 Å². The van der Waals surface area contributed by atoms with Crippen LogP contribution in [0.5, 0.6) is 11.5 Å². The van der Waals surface area contributed by atoms with Crippen LogP contribution in [0.3, 0.4) is 0 Å². The maximum Gasteiger partial charge on any atom is 0.167 e. The standard InChI is InChI=1S/C16H23NO4/c1-20-14-6-5-12(10-15(14)21-2)16(19)13-4-3-7-17(11-13)8-9-18/h5-6,10,13,18H,3-4,7-9,11H2,1-2H3/t13-/m1/s1. The summed E-state index contributed by atoms with van der Waals surface area (Å²) in [5.41, 5.74) is 0.656. The minimum atomic E-state index is -0.0107. The zero-order chi connectivity index (χ0) is 15.2. The molecule has 1 aromatic carbocycles. The molecule has 21 heavy (non-hydrogen) atoms. The van der Waals surface area contributed by atoms with E-state index in [0.717, 1.165) is 19.4 Å². The minimum absolute atomic E-state index is 0.0107. The van der Waals surface area contributed by atoms with Crippen LogP contribution in [0.1, 0.15) is 23.2 Å².